The third kappa shape index (κ3) is 3.52. The SMILES string of the molecule is CCCCCc1ccc(C(CO)(CO)C(F)(F)F)cc1. The Morgan fingerprint density at radius 2 is 1.50 bits per heavy atom. The van der Waals surface area contributed by atoms with Gasteiger partial charge in [-0.2, -0.15) is 13.2 Å². The molecule has 0 radical (unpaired) electrons. The summed E-state index contributed by atoms with van der Waals surface area (Å²) in [6.07, 6.45) is -0.697. The highest BCUT2D eigenvalue weighted by Gasteiger charge is 2.55. The fourth-order valence-corrected chi connectivity index (χ4v) is 2.15. The van der Waals surface area contributed by atoms with Crippen LogP contribution in [-0.2, 0) is 11.8 Å². The smallest absolute Gasteiger partial charge is 0.395 e. The molecule has 1 aromatic rings. The quantitative estimate of drug-likeness (QED) is 0.757. The third-order valence-corrected chi connectivity index (χ3v) is 3.66. The van der Waals surface area contributed by atoms with Crippen LogP contribution >= 0.6 is 0 Å². The van der Waals surface area contributed by atoms with Gasteiger partial charge in [0, 0.05) is 0 Å². The van der Waals surface area contributed by atoms with Gasteiger partial charge in [-0.05, 0) is 24.0 Å². The van der Waals surface area contributed by atoms with Gasteiger partial charge in [0.25, 0.3) is 0 Å². The molecule has 0 aromatic heterocycles. The minimum absolute atomic E-state index is 0.103. The monoisotopic (exact) mass is 290 g/mol. The molecule has 2 N–H and O–H groups in total. The number of alkyl halides is 3. The van der Waals surface area contributed by atoms with Crippen LogP contribution in [0.2, 0.25) is 0 Å². The van der Waals surface area contributed by atoms with Gasteiger partial charge in [0.2, 0.25) is 0 Å². The van der Waals surface area contributed by atoms with Gasteiger partial charge in [-0.25, -0.2) is 0 Å². The minimum Gasteiger partial charge on any atom is -0.395 e. The predicted molar refractivity (Wildman–Crippen MR) is 71.6 cm³/mol. The van der Waals surface area contributed by atoms with Crippen LogP contribution in [0.3, 0.4) is 0 Å². The Morgan fingerprint density at radius 1 is 0.950 bits per heavy atom. The Bertz CT molecular complexity index is 395. The molecule has 114 valence electrons. The zero-order valence-corrected chi connectivity index (χ0v) is 11.6. The molecule has 0 atom stereocenters. The van der Waals surface area contributed by atoms with Crippen molar-refractivity contribution in [2.45, 2.75) is 44.2 Å². The van der Waals surface area contributed by atoms with E-state index in [1.165, 1.54) is 12.1 Å². The second kappa shape index (κ2) is 7.09. The Morgan fingerprint density at radius 3 is 1.90 bits per heavy atom. The topological polar surface area (TPSA) is 40.5 Å². The molecule has 1 aromatic carbocycles. The van der Waals surface area contributed by atoms with Crippen molar-refractivity contribution in [3.63, 3.8) is 0 Å². The lowest BCUT2D eigenvalue weighted by molar-refractivity contribution is -0.211. The minimum atomic E-state index is -4.69. The summed E-state index contributed by atoms with van der Waals surface area (Å²) in [6.45, 7) is -0.242. The Balaban J connectivity index is 2.94. The maximum atomic E-state index is 13.1. The molecule has 0 amide bonds. The van der Waals surface area contributed by atoms with Crippen molar-refractivity contribution in [1.29, 1.82) is 0 Å². The van der Waals surface area contributed by atoms with Crippen LogP contribution in [0, 0.1) is 0 Å². The first-order valence-corrected chi connectivity index (χ1v) is 6.79. The summed E-state index contributed by atoms with van der Waals surface area (Å²) in [5.74, 6) is 0. The molecule has 5 heteroatoms. The lowest BCUT2D eigenvalue weighted by atomic mass is 9.80. The zero-order valence-electron chi connectivity index (χ0n) is 11.6. The highest BCUT2D eigenvalue weighted by Crippen LogP contribution is 2.40. The van der Waals surface area contributed by atoms with Gasteiger partial charge in [0.1, 0.15) is 5.41 Å². The molecule has 0 spiro atoms. The largest absolute Gasteiger partial charge is 0.402 e. The summed E-state index contributed by atoms with van der Waals surface area (Å²) in [5, 5.41) is 18.3. The summed E-state index contributed by atoms with van der Waals surface area (Å²) in [7, 11) is 0. The third-order valence-electron chi connectivity index (χ3n) is 3.66. The van der Waals surface area contributed by atoms with Crippen LogP contribution in [0.1, 0.15) is 37.3 Å². The molecule has 0 saturated carbocycles. The summed E-state index contributed by atoms with van der Waals surface area (Å²) >= 11 is 0. The van der Waals surface area contributed by atoms with Gasteiger partial charge in [0.15, 0.2) is 0 Å². The molecule has 20 heavy (non-hydrogen) atoms. The van der Waals surface area contributed by atoms with Crippen molar-refractivity contribution < 1.29 is 23.4 Å². The Hall–Kier alpha value is -1.07. The van der Waals surface area contributed by atoms with Crippen LogP contribution in [0.25, 0.3) is 0 Å². The number of rotatable bonds is 7. The number of halogens is 3. The van der Waals surface area contributed by atoms with Crippen LogP contribution in [-0.4, -0.2) is 29.6 Å². The maximum Gasteiger partial charge on any atom is 0.402 e. The molecule has 2 nitrogen and oxygen atoms in total. The van der Waals surface area contributed by atoms with E-state index in [1.54, 1.807) is 12.1 Å². The lowest BCUT2D eigenvalue weighted by Crippen LogP contribution is -2.48. The number of aliphatic hydroxyl groups excluding tert-OH is 2. The van der Waals surface area contributed by atoms with E-state index in [9.17, 15) is 13.2 Å². The molecule has 0 aliphatic rings. The molecular formula is C15H21F3O2. The van der Waals surface area contributed by atoms with Crippen LogP contribution < -0.4 is 0 Å². The Labute approximate surface area is 117 Å². The average molecular weight is 290 g/mol. The molecule has 1 rings (SSSR count). The van der Waals surface area contributed by atoms with Crippen molar-refractivity contribution in [3.8, 4) is 0 Å². The van der Waals surface area contributed by atoms with Gasteiger partial charge >= 0.3 is 6.18 Å². The molecule has 0 unspecified atom stereocenters. The van der Waals surface area contributed by atoms with Gasteiger partial charge in [-0.15, -0.1) is 0 Å². The summed E-state index contributed by atoms with van der Waals surface area (Å²) in [5.41, 5.74) is -1.72. The maximum absolute atomic E-state index is 13.1. The van der Waals surface area contributed by atoms with E-state index in [0.717, 1.165) is 31.2 Å². The normalized spacial score (nSPS) is 12.7. The Kier molecular flexibility index (Phi) is 6.02. The van der Waals surface area contributed by atoms with E-state index >= 15 is 0 Å². The van der Waals surface area contributed by atoms with Crippen molar-refractivity contribution in [1.82, 2.24) is 0 Å². The van der Waals surface area contributed by atoms with Crippen LogP contribution in [0.4, 0.5) is 13.2 Å². The number of aliphatic hydroxyl groups is 2. The number of aryl methyl sites for hydroxylation is 1. The molecule has 0 bridgehead atoms. The second-order valence-corrected chi connectivity index (χ2v) is 5.05. The zero-order chi connectivity index (χ0) is 15.2. The first-order valence-electron chi connectivity index (χ1n) is 6.79. The van der Waals surface area contributed by atoms with Gasteiger partial charge in [0.05, 0.1) is 13.2 Å². The highest BCUT2D eigenvalue weighted by molar-refractivity contribution is 5.31. The first-order chi connectivity index (χ1) is 9.41. The average Bonchev–Trinajstić information content (AvgIpc) is 2.41. The molecule has 0 heterocycles. The van der Waals surface area contributed by atoms with Crippen molar-refractivity contribution in [3.05, 3.63) is 35.4 Å². The molecular weight excluding hydrogens is 269 g/mol. The van der Waals surface area contributed by atoms with Crippen molar-refractivity contribution in [2.24, 2.45) is 0 Å². The number of benzene rings is 1. The summed E-state index contributed by atoms with van der Waals surface area (Å²) < 4.78 is 39.3. The van der Waals surface area contributed by atoms with E-state index in [4.69, 9.17) is 10.2 Å². The molecule has 0 saturated heterocycles. The van der Waals surface area contributed by atoms with Crippen LogP contribution in [0.15, 0.2) is 24.3 Å². The lowest BCUT2D eigenvalue weighted by Gasteiger charge is -2.32. The van der Waals surface area contributed by atoms with E-state index in [1.807, 2.05) is 0 Å². The second-order valence-electron chi connectivity index (χ2n) is 5.05. The van der Waals surface area contributed by atoms with E-state index in [-0.39, 0.29) is 5.56 Å². The van der Waals surface area contributed by atoms with E-state index in [0.29, 0.717) is 0 Å². The molecule has 0 aliphatic heterocycles. The summed E-state index contributed by atoms with van der Waals surface area (Å²) in [6, 6.07) is 5.97. The molecule has 0 aliphatic carbocycles. The highest BCUT2D eigenvalue weighted by atomic mass is 19.4. The van der Waals surface area contributed by atoms with E-state index in [2.05, 4.69) is 6.92 Å². The van der Waals surface area contributed by atoms with E-state index < -0.39 is 24.8 Å². The van der Waals surface area contributed by atoms with Crippen molar-refractivity contribution >= 4 is 0 Å². The van der Waals surface area contributed by atoms with Crippen LogP contribution in [0.5, 0.6) is 0 Å². The number of unbranched alkanes of at least 4 members (excludes halogenated alkanes) is 2. The number of hydrogen-bond donors (Lipinski definition) is 2. The van der Waals surface area contributed by atoms with Crippen molar-refractivity contribution in [2.75, 3.05) is 13.2 Å². The van der Waals surface area contributed by atoms with Gasteiger partial charge in [-0.1, -0.05) is 44.0 Å². The van der Waals surface area contributed by atoms with Gasteiger partial charge in [-0.3, -0.25) is 0 Å². The molecule has 0 fully saturated rings. The number of hydrogen-bond acceptors (Lipinski definition) is 2. The van der Waals surface area contributed by atoms with Gasteiger partial charge < -0.3 is 10.2 Å². The summed E-state index contributed by atoms with van der Waals surface area (Å²) in [4.78, 5) is 0. The standard InChI is InChI=1S/C15H21F3O2/c1-2-3-4-5-12-6-8-13(9-7-12)14(10-19,11-20)15(16,17)18/h6-9,19-20H,2-5,10-11H2,1H3. The fraction of sp³-hybridized carbons (Fsp3) is 0.600. The predicted octanol–water partition coefficient (Wildman–Crippen LogP) is 3.20. The first kappa shape index (κ1) is 17.0. The fourth-order valence-electron chi connectivity index (χ4n) is 2.15.